The molecule has 1 rings (SSSR count). The molecule has 0 aliphatic carbocycles. The van der Waals surface area contributed by atoms with Crippen LogP contribution in [0.5, 0.6) is 0 Å². The molecule has 1 saturated heterocycles. The second-order valence-corrected chi connectivity index (χ2v) is 9.08. The number of rotatable bonds is 3. The molecule has 0 radical (unpaired) electrons. The first-order valence-electron chi connectivity index (χ1n) is 5.83. The topological polar surface area (TPSA) is 37.4 Å². The van der Waals surface area contributed by atoms with Crippen molar-refractivity contribution in [2.75, 3.05) is 18.8 Å². The number of sulfonamides is 1. The van der Waals surface area contributed by atoms with Crippen molar-refractivity contribution in [2.24, 2.45) is 5.41 Å². The van der Waals surface area contributed by atoms with Crippen LogP contribution in [0.2, 0.25) is 0 Å². The molecule has 0 spiro atoms. The number of hydrogen-bond acceptors (Lipinski definition) is 2. The summed E-state index contributed by atoms with van der Waals surface area (Å²) in [4.78, 5) is 0.488. The lowest BCUT2D eigenvalue weighted by Crippen LogP contribution is -2.40. The second-order valence-electron chi connectivity index (χ2n) is 5.70. The van der Waals surface area contributed by atoms with Crippen LogP contribution in [-0.2, 0) is 10.0 Å². The van der Waals surface area contributed by atoms with Crippen molar-refractivity contribution in [1.82, 2.24) is 4.31 Å². The van der Waals surface area contributed by atoms with Gasteiger partial charge in [-0.3, -0.25) is 0 Å². The Hall–Kier alpha value is 0.390. The zero-order valence-electron chi connectivity index (χ0n) is 10.4. The predicted octanol–water partition coefficient (Wildman–Crippen LogP) is 2.61. The molecule has 0 unspecified atom stereocenters. The molecule has 1 aliphatic heterocycles. The van der Waals surface area contributed by atoms with Gasteiger partial charge in [-0.05, 0) is 24.7 Å². The van der Waals surface area contributed by atoms with E-state index in [4.69, 9.17) is 0 Å². The van der Waals surface area contributed by atoms with Gasteiger partial charge in [0, 0.05) is 17.9 Å². The fourth-order valence-corrected chi connectivity index (χ4v) is 3.97. The molecule has 16 heavy (non-hydrogen) atoms. The number of piperidine rings is 1. The van der Waals surface area contributed by atoms with Crippen molar-refractivity contribution in [1.29, 1.82) is 0 Å². The molecule has 0 atom stereocenters. The molecule has 1 heterocycles. The summed E-state index contributed by atoms with van der Waals surface area (Å²) >= 11 is 3.53. The smallest absolute Gasteiger partial charge is 0.212 e. The fraction of sp³-hybridized carbons (Fsp3) is 1.00. The number of alkyl halides is 1. The first-order valence-corrected chi connectivity index (χ1v) is 8.35. The minimum absolute atomic E-state index is 0.0841. The van der Waals surface area contributed by atoms with Gasteiger partial charge < -0.3 is 0 Å². The van der Waals surface area contributed by atoms with Gasteiger partial charge in [-0.25, -0.2) is 12.7 Å². The summed E-state index contributed by atoms with van der Waals surface area (Å²) in [7, 11) is -3.03. The summed E-state index contributed by atoms with van der Waals surface area (Å²) in [6.45, 7) is 7.57. The van der Waals surface area contributed by atoms with E-state index in [1.165, 1.54) is 0 Å². The van der Waals surface area contributed by atoms with Crippen molar-refractivity contribution in [3.63, 3.8) is 0 Å². The van der Waals surface area contributed by atoms with E-state index in [1.807, 2.05) is 0 Å². The van der Waals surface area contributed by atoms with Gasteiger partial charge in [-0.2, -0.15) is 0 Å². The van der Waals surface area contributed by atoms with Crippen LogP contribution in [0.3, 0.4) is 0 Å². The summed E-state index contributed by atoms with van der Waals surface area (Å²) in [5, 5.41) is 0. The van der Waals surface area contributed by atoms with Crippen molar-refractivity contribution in [3.8, 4) is 0 Å². The molecule has 96 valence electrons. The zero-order valence-corrected chi connectivity index (χ0v) is 12.8. The SMILES string of the molecule is CC(C)(C)CCS(=O)(=O)N1CCC(Br)CC1. The first-order chi connectivity index (χ1) is 7.21. The Kier molecular flexibility index (Phi) is 4.84. The highest BCUT2D eigenvalue weighted by molar-refractivity contribution is 9.09. The number of halogens is 1. The molecule has 3 nitrogen and oxygen atoms in total. The van der Waals surface area contributed by atoms with Crippen LogP contribution >= 0.6 is 15.9 Å². The van der Waals surface area contributed by atoms with Gasteiger partial charge in [0.1, 0.15) is 0 Å². The van der Waals surface area contributed by atoms with Crippen molar-refractivity contribution >= 4 is 26.0 Å². The monoisotopic (exact) mass is 311 g/mol. The number of hydrogen-bond donors (Lipinski definition) is 0. The molecule has 0 saturated carbocycles. The van der Waals surface area contributed by atoms with E-state index in [0.717, 1.165) is 19.3 Å². The second kappa shape index (κ2) is 5.36. The van der Waals surface area contributed by atoms with Crippen LogP contribution in [0.1, 0.15) is 40.0 Å². The maximum absolute atomic E-state index is 12.0. The quantitative estimate of drug-likeness (QED) is 0.751. The molecule has 0 bridgehead atoms. The van der Waals surface area contributed by atoms with E-state index in [9.17, 15) is 8.42 Å². The van der Waals surface area contributed by atoms with Gasteiger partial charge >= 0.3 is 0 Å². The van der Waals surface area contributed by atoms with Crippen molar-refractivity contribution in [3.05, 3.63) is 0 Å². The summed E-state index contributed by atoms with van der Waals surface area (Å²) in [5.74, 6) is 0.281. The van der Waals surface area contributed by atoms with Crippen LogP contribution in [0.15, 0.2) is 0 Å². The van der Waals surface area contributed by atoms with E-state index in [-0.39, 0.29) is 11.2 Å². The Morgan fingerprint density at radius 2 is 1.75 bits per heavy atom. The lowest BCUT2D eigenvalue weighted by molar-refractivity contribution is 0.345. The zero-order chi connectivity index (χ0) is 12.4. The van der Waals surface area contributed by atoms with Crippen LogP contribution < -0.4 is 0 Å². The Bertz CT molecular complexity index is 313. The molecule has 0 aromatic heterocycles. The van der Waals surface area contributed by atoms with Gasteiger partial charge in [-0.1, -0.05) is 36.7 Å². The van der Waals surface area contributed by atoms with Crippen LogP contribution in [-0.4, -0.2) is 36.4 Å². The molecule has 5 heteroatoms. The first kappa shape index (κ1) is 14.5. The molecular weight excluding hydrogens is 290 g/mol. The Balaban J connectivity index is 2.51. The average Bonchev–Trinajstić information content (AvgIpc) is 2.15. The Morgan fingerprint density at radius 3 is 2.19 bits per heavy atom. The molecule has 0 amide bonds. The summed E-state index contributed by atoms with van der Waals surface area (Å²) < 4.78 is 25.7. The van der Waals surface area contributed by atoms with Crippen molar-refractivity contribution < 1.29 is 8.42 Å². The molecule has 0 aromatic carbocycles. The highest BCUT2D eigenvalue weighted by Crippen LogP contribution is 2.23. The van der Waals surface area contributed by atoms with Gasteiger partial charge in [0.15, 0.2) is 0 Å². The third-order valence-corrected chi connectivity index (χ3v) is 5.67. The van der Waals surface area contributed by atoms with E-state index in [1.54, 1.807) is 4.31 Å². The van der Waals surface area contributed by atoms with E-state index in [0.29, 0.717) is 17.9 Å². The lowest BCUT2D eigenvalue weighted by atomic mass is 9.94. The molecule has 1 fully saturated rings. The van der Waals surface area contributed by atoms with Gasteiger partial charge in [0.2, 0.25) is 10.0 Å². The Morgan fingerprint density at radius 1 is 1.25 bits per heavy atom. The molecule has 1 aliphatic rings. The van der Waals surface area contributed by atoms with E-state index >= 15 is 0 Å². The lowest BCUT2D eigenvalue weighted by Gasteiger charge is -2.29. The highest BCUT2D eigenvalue weighted by atomic mass is 79.9. The maximum Gasteiger partial charge on any atom is 0.214 e. The van der Waals surface area contributed by atoms with Crippen molar-refractivity contribution in [2.45, 2.75) is 44.9 Å². The van der Waals surface area contributed by atoms with E-state index in [2.05, 4.69) is 36.7 Å². The highest BCUT2D eigenvalue weighted by Gasteiger charge is 2.27. The van der Waals surface area contributed by atoms with Crippen LogP contribution in [0.25, 0.3) is 0 Å². The summed E-state index contributed by atoms with van der Waals surface area (Å²) in [6, 6.07) is 0. The fourth-order valence-electron chi connectivity index (χ4n) is 1.67. The van der Waals surface area contributed by atoms with Gasteiger partial charge in [0.25, 0.3) is 0 Å². The van der Waals surface area contributed by atoms with Gasteiger partial charge in [0.05, 0.1) is 5.75 Å². The summed E-state index contributed by atoms with van der Waals surface area (Å²) in [5.41, 5.74) is 0.0841. The average molecular weight is 312 g/mol. The summed E-state index contributed by atoms with van der Waals surface area (Å²) in [6.07, 6.45) is 2.58. The third kappa shape index (κ3) is 4.72. The third-order valence-electron chi connectivity index (χ3n) is 2.89. The van der Waals surface area contributed by atoms with Crippen LogP contribution in [0, 0.1) is 5.41 Å². The molecule has 0 aromatic rings. The Labute approximate surface area is 108 Å². The largest absolute Gasteiger partial charge is 0.214 e. The maximum atomic E-state index is 12.0. The minimum Gasteiger partial charge on any atom is -0.212 e. The number of nitrogens with zero attached hydrogens (tertiary/aromatic N) is 1. The standard InChI is InChI=1S/C11H22BrNO2S/c1-11(2,3)6-9-16(14,15)13-7-4-10(12)5-8-13/h10H,4-9H2,1-3H3. The molecule has 0 N–H and O–H groups in total. The van der Waals surface area contributed by atoms with Crippen LogP contribution in [0.4, 0.5) is 0 Å². The van der Waals surface area contributed by atoms with Gasteiger partial charge in [-0.15, -0.1) is 0 Å². The predicted molar refractivity (Wildman–Crippen MR) is 71.4 cm³/mol. The normalized spacial score (nSPS) is 21.2. The van der Waals surface area contributed by atoms with E-state index < -0.39 is 10.0 Å². The minimum atomic E-state index is -3.03. The molecular formula is C11H22BrNO2S.